The van der Waals surface area contributed by atoms with Crippen molar-refractivity contribution < 1.29 is 4.74 Å². The van der Waals surface area contributed by atoms with Crippen LogP contribution in [0.25, 0.3) is 0 Å². The molecule has 0 fully saturated rings. The van der Waals surface area contributed by atoms with Gasteiger partial charge in [0.05, 0.1) is 12.2 Å². The molecule has 0 saturated heterocycles. The highest BCUT2D eigenvalue weighted by atomic mass is 16.5. The molecular formula is C19H22N4O. The minimum atomic E-state index is 0.336. The quantitative estimate of drug-likeness (QED) is 0.692. The predicted octanol–water partition coefficient (Wildman–Crippen LogP) is 3.04. The molecular weight excluding hydrogens is 300 g/mol. The summed E-state index contributed by atoms with van der Waals surface area (Å²) in [6, 6.07) is 16.3. The van der Waals surface area contributed by atoms with Gasteiger partial charge in [-0.2, -0.15) is 5.10 Å². The lowest BCUT2D eigenvalue weighted by atomic mass is 10.2. The highest BCUT2D eigenvalue weighted by Crippen LogP contribution is 2.15. The molecule has 124 valence electrons. The van der Waals surface area contributed by atoms with Crippen LogP contribution in [0.3, 0.4) is 0 Å². The van der Waals surface area contributed by atoms with Crippen molar-refractivity contribution in [2.45, 2.75) is 32.7 Å². The highest BCUT2D eigenvalue weighted by Gasteiger charge is 2.04. The monoisotopic (exact) mass is 322 g/mol. The number of rotatable bonds is 8. The Morgan fingerprint density at radius 3 is 2.88 bits per heavy atom. The molecule has 0 spiro atoms. The second kappa shape index (κ2) is 8.26. The van der Waals surface area contributed by atoms with Gasteiger partial charge in [-0.1, -0.05) is 18.2 Å². The van der Waals surface area contributed by atoms with Crippen LogP contribution in [0.1, 0.15) is 18.2 Å². The number of hydrogen-bond donors (Lipinski definition) is 1. The van der Waals surface area contributed by atoms with Crippen LogP contribution in [-0.4, -0.2) is 20.8 Å². The second-order valence-corrected chi connectivity index (χ2v) is 5.77. The Hall–Kier alpha value is -2.66. The normalized spacial score (nSPS) is 12.0. The summed E-state index contributed by atoms with van der Waals surface area (Å²) >= 11 is 0. The van der Waals surface area contributed by atoms with E-state index >= 15 is 0 Å². The van der Waals surface area contributed by atoms with E-state index in [9.17, 15) is 0 Å². The molecule has 1 unspecified atom stereocenters. The summed E-state index contributed by atoms with van der Waals surface area (Å²) in [5.41, 5.74) is 2.12. The molecule has 1 atom stereocenters. The van der Waals surface area contributed by atoms with Crippen molar-refractivity contribution in [3.63, 3.8) is 0 Å². The maximum atomic E-state index is 5.82. The average molecular weight is 322 g/mol. The van der Waals surface area contributed by atoms with E-state index in [1.54, 1.807) is 12.4 Å². The molecule has 0 bridgehead atoms. The number of aromatic nitrogens is 3. The Balaban J connectivity index is 1.49. The summed E-state index contributed by atoms with van der Waals surface area (Å²) in [6.07, 6.45) is 5.55. The Bertz CT molecular complexity index is 728. The Kier molecular flexibility index (Phi) is 5.58. The molecule has 24 heavy (non-hydrogen) atoms. The largest absolute Gasteiger partial charge is 0.487 e. The lowest BCUT2D eigenvalue weighted by molar-refractivity contribution is 0.301. The van der Waals surface area contributed by atoms with Crippen LogP contribution in [0, 0.1) is 0 Å². The van der Waals surface area contributed by atoms with Gasteiger partial charge in [0, 0.05) is 31.2 Å². The van der Waals surface area contributed by atoms with Crippen LogP contribution in [0.5, 0.6) is 5.75 Å². The Morgan fingerprint density at radius 2 is 2.08 bits per heavy atom. The van der Waals surface area contributed by atoms with Gasteiger partial charge in [-0.15, -0.1) is 0 Å². The smallest absolute Gasteiger partial charge is 0.130 e. The lowest BCUT2D eigenvalue weighted by Crippen LogP contribution is -2.30. The molecule has 5 heteroatoms. The predicted molar refractivity (Wildman–Crippen MR) is 93.5 cm³/mol. The highest BCUT2D eigenvalue weighted by molar-refractivity contribution is 5.28. The molecule has 0 saturated carbocycles. The lowest BCUT2D eigenvalue weighted by Gasteiger charge is -2.14. The van der Waals surface area contributed by atoms with E-state index in [1.807, 2.05) is 47.3 Å². The van der Waals surface area contributed by atoms with E-state index in [2.05, 4.69) is 34.5 Å². The van der Waals surface area contributed by atoms with Gasteiger partial charge in [-0.05, 0) is 42.8 Å². The van der Waals surface area contributed by atoms with Crippen LogP contribution in [-0.2, 0) is 19.7 Å². The first kappa shape index (κ1) is 16.2. The summed E-state index contributed by atoms with van der Waals surface area (Å²) in [5.74, 6) is 0.861. The fraction of sp³-hybridized carbons (Fsp3) is 0.263. The van der Waals surface area contributed by atoms with E-state index in [0.29, 0.717) is 12.6 Å². The molecule has 0 aliphatic rings. The zero-order valence-electron chi connectivity index (χ0n) is 13.8. The van der Waals surface area contributed by atoms with Gasteiger partial charge in [0.15, 0.2) is 0 Å². The average Bonchev–Trinajstić information content (AvgIpc) is 3.12. The van der Waals surface area contributed by atoms with Gasteiger partial charge >= 0.3 is 0 Å². The summed E-state index contributed by atoms with van der Waals surface area (Å²) in [7, 11) is 0. The zero-order chi connectivity index (χ0) is 16.6. The van der Waals surface area contributed by atoms with E-state index in [0.717, 1.165) is 24.5 Å². The SMILES string of the molecule is CC(Cn1cccn1)NCc1cccc(OCc2ccccn2)c1. The van der Waals surface area contributed by atoms with Gasteiger partial charge < -0.3 is 10.1 Å². The van der Waals surface area contributed by atoms with Gasteiger partial charge in [-0.25, -0.2) is 0 Å². The summed E-state index contributed by atoms with van der Waals surface area (Å²) in [4.78, 5) is 4.27. The van der Waals surface area contributed by atoms with Crippen LogP contribution < -0.4 is 10.1 Å². The molecule has 2 aromatic heterocycles. The molecule has 2 heterocycles. The number of hydrogen-bond acceptors (Lipinski definition) is 4. The number of nitrogens with zero attached hydrogens (tertiary/aromatic N) is 3. The van der Waals surface area contributed by atoms with Crippen LogP contribution in [0.4, 0.5) is 0 Å². The molecule has 0 amide bonds. The van der Waals surface area contributed by atoms with Crippen LogP contribution in [0.2, 0.25) is 0 Å². The molecule has 0 aliphatic heterocycles. The minimum Gasteiger partial charge on any atom is -0.487 e. The van der Waals surface area contributed by atoms with E-state index < -0.39 is 0 Å². The summed E-state index contributed by atoms with van der Waals surface area (Å²) in [5, 5.41) is 7.74. The first-order valence-electron chi connectivity index (χ1n) is 8.12. The first-order chi connectivity index (χ1) is 11.8. The molecule has 1 aromatic carbocycles. The topological polar surface area (TPSA) is 52.0 Å². The van der Waals surface area contributed by atoms with E-state index in [-0.39, 0.29) is 0 Å². The number of nitrogens with one attached hydrogen (secondary N) is 1. The third-order valence-electron chi connectivity index (χ3n) is 3.69. The fourth-order valence-corrected chi connectivity index (χ4v) is 2.43. The third kappa shape index (κ3) is 4.93. The first-order valence-corrected chi connectivity index (χ1v) is 8.12. The Morgan fingerprint density at radius 1 is 1.12 bits per heavy atom. The molecule has 0 radical (unpaired) electrons. The van der Waals surface area contributed by atoms with Gasteiger partial charge in [0.2, 0.25) is 0 Å². The standard InChI is InChI=1S/C19H22N4O/c1-16(14-23-11-5-10-22-23)21-13-17-6-4-8-19(12-17)24-15-18-7-2-3-9-20-18/h2-12,16,21H,13-15H2,1H3. The van der Waals surface area contributed by atoms with Gasteiger partial charge in [0.25, 0.3) is 0 Å². The Labute approximate surface area is 142 Å². The van der Waals surface area contributed by atoms with Crippen LogP contribution in [0.15, 0.2) is 67.1 Å². The number of pyridine rings is 1. The molecule has 0 aliphatic carbocycles. The summed E-state index contributed by atoms with van der Waals surface area (Å²) < 4.78 is 7.75. The van der Waals surface area contributed by atoms with Crippen molar-refractivity contribution in [2.75, 3.05) is 0 Å². The minimum absolute atomic E-state index is 0.336. The number of benzene rings is 1. The van der Waals surface area contributed by atoms with E-state index in [1.165, 1.54) is 5.56 Å². The molecule has 3 rings (SSSR count). The van der Waals surface area contributed by atoms with Crippen molar-refractivity contribution in [1.82, 2.24) is 20.1 Å². The number of ether oxygens (including phenoxy) is 1. The van der Waals surface area contributed by atoms with E-state index in [4.69, 9.17) is 4.74 Å². The van der Waals surface area contributed by atoms with Crippen molar-refractivity contribution in [1.29, 1.82) is 0 Å². The summed E-state index contributed by atoms with van der Waals surface area (Å²) in [6.45, 7) is 4.28. The molecule has 5 nitrogen and oxygen atoms in total. The second-order valence-electron chi connectivity index (χ2n) is 5.77. The fourth-order valence-electron chi connectivity index (χ4n) is 2.43. The van der Waals surface area contributed by atoms with Crippen molar-refractivity contribution >= 4 is 0 Å². The van der Waals surface area contributed by atoms with Crippen molar-refractivity contribution in [3.05, 3.63) is 78.4 Å². The van der Waals surface area contributed by atoms with Crippen molar-refractivity contribution in [3.8, 4) is 5.75 Å². The van der Waals surface area contributed by atoms with Gasteiger partial charge in [-0.3, -0.25) is 9.67 Å². The maximum absolute atomic E-state index is 5.82. The van der Waals surface area contributed by atoms with Gasteiger partial charge in [0.1, 0.15) is 12.4 Å². The zero-order valence-corrected chi connectivity index (χ0v) is 13.8. The maximum Gasteiger partial charge on any atom is 0.130 e. The van der Waals surface area contributed by atoms with Crippen molar-refractivity contribution in [2.24, 2.45) is 0 Å². The molecule has 1 N–H and O–H groups in total. The van der Waals surface area contributed by atoms with Crippen LogP contribution >= 0.6 is 0 Å². The molecule has 3 aromatic rings. The third-order valence-corrected chi connectivity index (χ3v) is 3.69.